The lowest BCUT2D eigenvalue weighted by Crippen LogP contribution is -2.14. The van der Waals surface area contributed by atoms with Gasteiger partial charge >= 0.3 is 0 Å². The van der Waals surface area contributed by atoms with Gasteiger partial charge in [0.05, 0.1) is 33.0 Å². The van der Waals surface area contributed by atoms with E-state index in [1.54, 1.807) is 0 Å². The molecule has 1 rings (SSSR count). The number of rotatable bonds is 11. The smallest absolute Gasteiger partial charge is 0.161 e. The second-order valence-electron chi connectivity index (χ2n) is 3.74. The van der Waals surface area contributed by atoms with E-state index in [0.29, 0.717) is 46.2 Å². The molecule has 5 heteroatoms. The molecule has 19 heavy (non-hydrogen) atoms. The minimum atomic E-state index is 0.487. The van der Waals surface area contributed by atoms with Crippen molar-refractivity contribution in [2.75, 3.05) is 46.2 Å². The van der Waals surface area contributed by atoms with Crippen molar-refractivity contribution in [3.8, 4) is 11.5 Å². The Morgan fingerprint density at radius 2 is 1.42 bits per heavy atom. The quantitative estimate of drug-likeness (QED) is 0.616. The van der Waals surface area contributed by atoms with Gasteiger partial charge in [-0.25, -0.2) is 0 Å². The number of hydrogen-bond donors (Lipinski definition) is 1. The van der Waals surface area contributed by atoms with E-state index in [2.05, 4.69) is 0 Å². The second kappa shape index (κ2) is 10.6. The van der Waals surface area contributed by atoms with Gasteiger partial charge in [-0.05, 0) is 19.1 Å². The highest BCUT2D eigenvalue weighted by molar-refractivity contribution is 5.39. The Kier molecular flexibility index (Phi) is 8.80. The molecule has 0 heterocycles. The summed E-state index contributed by atoms with van der Waals surface area (Å²) in [5.41, 5.74) is 5.30. The standard InChI is InChI=1S/C14H23NO4/c1-2-18-13-5-3-4-6-14(13)19-12-11-17-10-9-16-8-7-15/h3-6H,2,7-12,15H2,1H3. The summed E-state index contributed by atoms with van der Waals surface area (Å²) in [6.45, 7) is 5.80. The average molecular weight is 269 g/mol. The zero-order valence-electron chi connectivity index (χ0n) is 11.5. The van der Waals surface area contributed by atoms with Crippen LogP contribution in [0, 0.1) is 0 Å². The molecule has 0 aliphatic heterocycles. The molecule has 0 radical (unpaired) electrons. The third-order valence-electron chi connectivity index (χ3n) is 2.27. The predicted molar refractivity (Wildman–Crippen MR) is 73.8 cm³/mol. The fraction of sp³-hybridized carbons (Fsp3) is 0.571. The van der Waals surface area contributed by atoms with Gasteiger partial charge in [0.25, 0.3) is 0 Å². The van der Waals surface area contributed by atoms with Gasteiger partial charge in [-0.2, -0.15) is 0 Å². The first-order valence-electron chi connectivity index (χ1n) is 6.58. The van der Waals surface area contributed by atoms with Crippen molar-refractivity contribution in [3.05, 3.63) is 24.3 Å². The third kappa shape index (κ3) is 7.00. The van der Waals surface area contributed by atoms with Crippen LogP contribution in [0.2, 0.25) is 0 Å². The molecule has 108 valence electrons. The van der Waals surface area contributed by atoms with Gasteiger partial charge in [-0.3, -0.25) is 0 Å². The van der Waals surface area contributed by atoms with Gasteiger partial charge in [0.2, 0.25) is 0 Å². The number of ether oxygens (including phenoxy) is 4. The molecule has 0 atom stereocenters. The van der Waals surface area contributed by atoms with Gasteiger partial charge in [0.1, 0.15) is 6.61 Å². The molecule has 5 nitrogen and oxygen atoms in total. The molecule has 0 aliphatic carbocycles. The topological polar surface area (TPSA) is 62.9 Å². The molecule has 0 saturated heterocycles. The van der Waals surface area contributed by atoms with Crippen molar-refractivity contribution in [3.63, 3.8) is 0 Å². The van der Waals surface area contributed by atoms with Crippen molar-refractivity contribution in [2.24, 2.45) is 5.73 Å². The van der Waals surface area contributed by atoms with Gasteiger partial charge in [0, 0.05) is 6.54 Å². The molecule has 0 fully saturated rings. The Morgan fingerprint density at radius 3 is 2.05 bits per heavy atom. The maximum absolute atomic E-state index is 5.61. The molecule has 0 unspecified atom stereocenters. The van der Waals surface area contributed by atoms with E-state index in [9.17, 15) is 0 Å². The van der Waals surface area contributed by atoms with Crippen LogP contribution in [0.15, 0.2) is 24.3 Å². The first kappa shape index (κ1) is 15.8. The maximum Gasteiger partial charge on any atom is 0.161 e. The van der Waals surface area contributed by atoms with E-state index in [4.69, 9.17) is 24.7 Å². The molecule has 1 aromatic rings. The average Bonchev–Trinajstić information content (AvgIpc) is 2.44. The van der Waals surface area contributed by atoms with Crippen LogP contribution < -0.4 is 15.2 Å². The van der Waals surface area contributed by atoms with E-state index in [-0.39, 0.29) is 0 Å². The van der Waals surface area contributed by atoms with Crippen molar-refractivity contribution in [1.82, 2.24) is 0 Å². The van der Waals surface area contributed by atoms with E-state index in [0.717, 1.165) is 11.5 Å². The van der Waals surface area contributed by atoms with Crippen LogP contribution in [0.5, 0.6) is 11.5 Å². The molecule has 0 amide bonds. The largest absolute Gasteiger partial charge is 0.490 e. The summed E-state index contributed by atoms with van der Waals surface area (Å²) in [7, 11) is 0. The van der Waals surface area contributed by atoms with Crippen LogP contribution in [0.25, 0.3) is 0 Å². The Hall–Kier alpha value is -1.30. The SMILES string of the molecule is CCOc1ccccc1OCCOCCOCCN. The van der Waals surface area contributed by atoms with Crippen LogP contribution in [-0.2, 0) is 9.47 Å². The Morgan fingerprint density at radius 1 is 0.842 bits per heavy atom. The highest BCUT2D eigenvalue weighted by Gasteiger charge is 2.02. The first-order chi connectivity index (χ1) is 9.38. The molecule has 0 aliphatic rings. The summed E-state index contributed by atoms with van der Waals surface area (Å²) >= 11 is 0. The number of benzene rings is 1. The normalized spacial score (nSPS) is 10.4. The zero-order valence-corrected chi connectivity index (χ0v) is 11.5. The summed E-state index contributed by atoms with van der Waals surface area (Å²) in [5, 5.41) is 0. The van der Waals surface area contributed by atoms with Crippen LogP contribution in [-0.4, -0.2) is 46.2 Å². The molecule has 2 N–H and O–H groups in total. The molecular formula is C14H23NO4. The Bertz CT molecular complexity index is 333. The predicted octanol–water partition coefficient (Wildman–Crippen LogP) is 1.46. The van der Waals surface area contributed by atoms with Crippen LogP contribution in [0.1, 0.15) is 6.92 Å². The van der Waals surface area contributed by atoms with E-state index < -0.39 is 0 Å². The summed E-state index contributed by atoms with van der Waals surface area (Å²) < 4.78 is 21.6. The fourth-order valence-electron chi connectivity index (χ4n) is 1.46. The number of para-hydroxylation sites is 2. The van der Waals surface area contributed by atoms with E-state index in [1.807, 2.05) is 31.2 Å². The van der Waals surface area contributed by atoms with Crippen molar-refractivity contribution < 1.29 is 18.9 Å². The summed E-state index contributed by atoms with van der Waals surface area (Å²) in [6, 6.07) is 7.61. The minimum Gasteiger partial charge on any atom is -0.490 e. The van der Waals surface area contributed by atoms with Gasteiger partial charge < -0.3 is 24.7 Å². The molecule has 0 aromatic heterocycles. The minimum absolute atomic E-state index is 0.487. The number of hydrogen-bond acceptors (Lipinski definition) is 5. The van der Waals surface area contributed by atoms with Crippen molar-refractivity contribution in [2.45, 2.75) is 6.92 Å². The lowest BCUT2D eigenvalue weighted by Gasteiger charge is -2.11. The molecule has 1 aromatic carbocycles. The van der Waals surface area contributed by atoms with Gasteiger partial charge in [-0.15, -0.1) is 0 Å². The lowest BCUT2D eigenvalue weighted by atomic mass is 10.3. The maximum atomic E-state index is 5.61. The van der Waals surface area contributed by atoms with Crippen LogP contribution in [0.4, 0.5) is 0 Å². The molecule has 0 spiro atoms. The number of nitrogens with two attached hydrogens (primary N) is 1. The van der Waals surface area contributed by atoms with Crippen LogP contribution in [0.3, 0.4) is 0 Å². The highest BCUT2D eigenvalue weighted by Crippen LogP contribution is 2.26. The summed E-state index contributed by atoms with van der Waals surface area (Å²) in [4.78, 5) is 0. The Balaban J connectivity index is 2.12. The van der Waals surface area contributed by atoms with Crippen LogP contribution >= 0.6 is 0 Å². The molecular weight excluding hydrogens is 246 g/mol. The second-order valence-corrected chi connectivity index (χ2v) is 3.74. The lowest BCUT2D eigenvalue weighted by molar-refractivity contribution is 0.0384. The van der Waals surface area contributed by atoms with Crippen molar-refractivity contribution in [1.29, 1.82) is 0 Å². The summed E-state index contributed by atoms with van der Waals surface area (Å²) in [6.07, 6.45) is 0. The highest BCUT2D eigenvalue weighted by atomic mass is 16.6. The molecule has 0 saturated carbocycles. The van der Waals surface area contributed by atoms with E-state index in [1.165, 1.54) is 0 Å². The third-order valence-corrected chi connectivity index (χ3v) is 2.27. The van der Waals surface area contributed by atoms with Crippen molar-refractivity contribution >= 4 is 0 Å². The monoisotopic (exact) mass is 269 g/mol. The Labute approximate surface area is 114 Å². The van der Waals surface area contributed by atoms with Gasteiger partial charge in [-0.1, -0.05) is 12.1 Å². The zero-order chi connectivity index (χ0) is 13.8. The molecule has 0 bridgehead atoms. The van der Waals surface area contributed by atoms with E-state index >= 15 is 0 Å². The fourth-order valence-corrected chi connectivity index (χ4v) is 1.46. The summed E-state index contributed by atoms with van der Waals surface area (Å²) in [5.74, 6) is 1.50. The van der Waals surface area contributed by atoms with Gasteiger partial charge in [0.15, 0.2) is 11.5 Å². The first-order valence-corrected chi connectivity index (χ1v) is 6.58.